The van der Waals surface area contributed by atoms with E-state index < -0.39 is 0 Å². The number of aromatic nitrogens is 1. The lowest BCUT2D eigenvalue weighted by molar-refractivity contribution is -0.137. The van der Waals surface area contributed by atoms with E-state index in [0.29, 0.717) is 12.6 Å². The van der Waals surface area contributed by atoms with Crippen LogP contribution in [-0.2, 0) is 11.3 Å². The monoisotopic (exact) mass is 323 g/mol. The number of benzene rings is 1. The van der Waals surface area contributed by atoms with Crippen LogP contribution >= 0.6 is 0 Å². The van der Waals surface area contributed by atoms with E-state index in [1.165, 1.54) is 5.56 Å². The van der Waals surface area contributed by atoms with Gasteiger partial charge in [0.05, 0.1) is 0 Å². The largest absolute Gasteiger partial charge is 0.334 e. The fourth-order valence-electron chi connectivity index (χ4n) is 3.03. The van der Waals surface area contributed by atoms with E-state index >= 15 is 0 Å². The lowest BCUT2D eigenvalue weighted by Crippen LogP contribution is -2.41. The molecule has 0 saturated heterocycles. The number of likely N-dealkylation sites (N-methyl/N-ethyl adjacent to an activating group) is 1. The van der Waals surface area contributed by atoms with Crippen LogP contribution in [0, 0.1) is 6.92 Å². The zero-order valence-electron chi connectivity index (χ0n) is 14.6. The Morgan fingerprint density at radius 3 is 2.29 bits per heavy atom. The Hall–Kier alpha value is -2.20. The van der Waals surface area contributed by atoms with Crippen LogP contribution in [-0.4, -0.2) is 40.8 Å². The van der Waals surface area contributed by atoms with Gasteiger partial charge in [-0.15, -0.1) is 0 Å². The highest BCUT2D eigenvalue weighted by Gasteiger charge is 2.37. The van der Waals surface area contributed by atoms with Gasteiger partial charge in [-0.05, 0) is 57.1 Å². The van der Waals surface area contributed by atoms with Crippen molar-refractivity contribution < 1.29 is 4.79 Å². The van der Waals surface area contributed by atoms with Gasteiger partial charge in [0.1, 0.15) is 6.04 Å². The highest BCUT2D eigenvalue weighted by atomic mass is 16.2. The lowest BCUT2D eigenvalue weighted by Gasteiger charge is -2.31. The van der Waals surface area contributed by atoms with Gasteiger partial charge in [0.15, 0.2) is 0 Å². The molecule has 3 rings (SSSR count). The summed E-state index contributed by atoms with van der Waals surface area (Å²) in [4.78, 5) is 21.4. The minimum atomic E-state index is -0.243. The Labute approximate surface area is 144 Å². The Kier molecular flexibility index (Phi) is 4.95. The Bertz CT molecular complexity index is 678. The normalized spacial score (nSPS) is 15.3. The van der Waals surface area contributed by atoms with Gasteiger partial charge in [0, 0.05) is 25.0 Å². The number of nitrogens with zero attached hydrogens (tertiary/aromatic N) is 3. The maximum Gasteiger partial charge on any atom is 0.245 e. The molecule has 1 atom stereocenters. The third-order valence-corrected chi connectivity index (χ3v) is 4.52. The second kappa shape index (κ2) is 7.14. The van der Waals surface area contributed by atoms with Crippen molar-refractivity contribution in [3.05, 3.63) is 65.5 Å². The van der Waals surface area contributed by atoms with Crippen molar-refractivity contribution in [1.29, 1.82) is 0 Å². The molecular weight excluding hydrogens is 298 g/mol. The van der Waals surface area contributed by atoms with Crippen molar-refractivity contribution in [3.63, 3.8) is 0 Å². The Balaban J connectivity index is 1.85. The molecule has 2 aromatic rings. The van der Waals surface area contributed by atoms with E-state index in [4.69, 9.17) is 0 Å². The van der Waals surface area contributed by atoms with E-state index in [1.807, 2.05) is 36.0 Å². The fourth-order valence-corrected chi connectivity index (χ4v) is 3.03. The van der Waals surface area contributed by atoms with E-state index in [0.717, 1.165) is 24.0 Å². The Morgan fingerprint density at radius 2 is 1.75 bits per heavy atom. The fraction of sp³-hybridized carbons (Fsp3) is 0.400. The molecule has 126 valence electrons. The van der Waals surface area contributed by atoms with Gasteiger partial charge >= 0.3 is 0 Å². The summed E-state index contributed by atoms with van der Waals surface area (Å²) in [5.74, 6) is 0.183. The molecule has 0 radical (unpaired) electrons. The van der Waals surface area contributed by atoms with Gasteiger partial charge < -0.3 is 4.90 Å². The molecule has 0 aliphatic heterocycles. The molecule has 4 nitrogen and oxygen atoms in total. The summed E-state index contributed by atoms with van der Waals surface area (Å²) in [6.45, 7) is 2.72. The molecule has 1 saturated carbocycles. The SMILES string of the molecule is Cc1ccc([C@H](C(=O)N(Cc2ccncc2)C2CC2)N(C)C)cc1. The van der Waals surface area contributed by atoms with Gasteiger partial charge in [0.2, 0.25) is 5.91 Å². The molecular formula is C20H25N3O. The smallest absolute Gasteiger partial charge is 0.245 e. The second-order valence-corrected chi connectivity index (χ2v) is 6.83. The quantitative estimate of drug-likeness (QED) is 0.819. The highest BCUT2D eigenvalue weighted by Crippen LogP contribution is 2.32. The summed E-state index contributed by atoms with van der Waals surface area (Å²) >= 11 is 0. The standard InChI is InChI=1S/C20H25N3O/c1-15-4-6-17(7-5-15)19(22(2)3)20(24)23(18-8-9-18)14-16-10-12-21-13-11-16/h4-7,10-13,18-19H,8-9,14H2,1-3H3/t19-/m1/s1. The van der Waals surface area contributed by atoms with Gasteiger partial charge in [-0.3, -0.25) is 14.7 Å². The lowest BCUT2D eigenvalue weighted by atomic mass is 10.0. The first-order valence-electron chi connectivity index (χ1n) is 8.48. The van der Waals surface area contributed by atoms with E-state index in [9.17, 15) is 4.79 Å². The predicted octanol–water partition coefficient (Wildman–Crippen LogP) is 3.18. The zero-order valence-corrected chi connectivity index (χ0v) is 14.6. The number of hydrogen-bond acceptors (Lipinski definition) is 3. The molecule has 1 aliphatic rings. The maximum atomic E-state index is 13.3. The number of pyridine rings is 1. The summed E-state index contributed by atoms with van der Waals surface area (Å²) < 4.78 is 0. The summed E-state index contributed by atoms with van der Waals surface area (Å²) in [6, 6.07) is 12.4. The van der Waals surface area contributed by atoms with Crippen LogP contribution in [0.1, 0.15) is 35.6 Å². The van der Waals surface area contributed by atoms with Gasteiger partial charge in [-0.2, -0.15) is 0 Å². The molecule has 1 aromatic heterocycles. The average molecular weight is 323 g/mol. The molecule has 1 aliphatic carbocycles. The summed E-state index contributed by atoms with van der Waals surface area (Å²) in [7, 11) is 3.94. The van der Waals surface area contributed by atoms with E-state index in [2.05, 4.69) is 36.2 Å². The number of carbonyl (C=O) groups is 1. The molecule has 1 aromatic carbocycles. The first-order valence-corrected chi connectivity index (χ1v) is 8.48. The first kappa shape index (κ1) is 16.7. The van der Waals surface area contributed by atoms with Crippen molar-refractivity contribution in [2.24, 2.45) is 0 Å². The van der Waals surface area contributed by atoms with Crippen LogP contribution in [0.3, 0.4) is 0 Å². The van der Waals surface area contributed by atoms with Crippen LogP contribution < -0.4 is 0 Å². The molecule has 4 heteroatoms. The number of carbonyl (C=O) groups excluding carboxylic acids is 1. The number of aryl methyl sites for hydroxylation is 1. The molecule has 0 spiro atoms. The third-order valence-electron chi connectivity index (χ3n) is 4.52. The van der Waals surface area contributed by atoms with Crippen molar-refractivity contribution >= 4 is 5.91 Å². The zero-order chi connectivity index (χ0) is 17.1. The topological polar surface area (TPSA) is 36.4 Å². The Morgan fingerprint density at radius 1 is 1.12 bits per heavy atom. The van der Waals surface area contributed by atoms with E-state index in [1.54, 1.807) is 12.4 Å². The molecule has 0 N–H and O–H groups in total. The molecule has 1 fully saturated rings. The van der Waals surface area contributed by atoms with Crippen molar-refractivity contribution in [3.8, 4) is 0 Å². The first-order chi connectivity index (χ1) is 11.6. The van der Waals surface area contributed by atoms with Crippen molar-refractivity contribution in [1.82, 2.24) is 14.8 Å². The van der Waals surface area contributed by atoms with Crippen LogP contribution in [0.4, 0.5) is 0 Å². The van der Waals surface area contributed by atoms with Crippen LogP contribution in [0.2, 0.25) is 0 Å². The number of hydrogen-bond donors (Lipinski definition) is 0. The maximum absolute atomic E-state index is 13.3. The summed E-state index contributed by atoms with van der Waals surface area (Å²) in [5.41, 5.74) is 3.39. The van der Waals surface area contributed by atoms with E-state index in [-0.39, 0.29) is 11.9 Å². The van der Waals surface area contributed by atoms with Crippen molar-refractivity contribution in [2.75, 3.05) is 14.1 Å². The molecule has 1 amide bonds. The minimum absolute atomic E-state index is 0.183. The number of rotatable bonds is 6. The van der Waals surface area contributed by atoms with Gasteiger partial charge in [-0.25, -0.2) is 0 Å². The molecule has 24 heavy (non-hydrogen) atoms. The third kappa shape index (κ3) is 3.82. The highest BCUT2D eigenvalue weighted by molar-refractivity contribution is 5.84. The van der Waals surface area contributed by atoms with Crippen LogP contribution in [0.15, 0.2) is 48.8 Å². The molecule has 0 bridgehead atoms. The van der Waals surface area contributed by atoms with Crippen molar-refractivity contribution in [2.45, 2.75) is 38.4 Å². The number of amides is 1. The average Bonchev–Trinajstić information content (AvgIpc) is 3.40. The van der Waals surface area contributed by atoms with Gasteiger partial charge in [0.25, 0.3) is 0 Å². The second-order valence-electron chi connectivity index (χ2n) is 6.83. The van der Waals surface area contributed by atoms with Crippen LogP contribution in [0.5, 0.6) is 0 Å². The molecule has 1 heterocycles. The summed E-state index contributed by atoms with van der Waals surface area (Å²) in [6.07, 6.45) is 5.78. The predicted molar refractivity (Wildman–Crippen MR) is 95.4 cm³/mol. The minimum Gasteiger partial charge on any atom is -0.334 e. The summed E-state index contributed by atoms with van der Waals surface area (Å²) in [5, 5.41) is 0. The molecule has 0 unspecified atom stereocenters. The van der Waals surface area contributed by atoms with Gasteiger partial charge in [-0.1, -0.05) is 29.8 Å². The van der Waals surface area contributed by atoms with Crippen LogP contribution in [0.25, 0.3) is 0 Å².